The average Bonchev–Trinajstić information content (AvgIpc) is 3.55. The molecule has 8 nitrogen and oxygen atoms in total. The average molecular weight is 415 g/mol. The van der Waals surface area contributed by atoms with E-state index >= 15 is 0 Å². The first-order valence-corrected chi connectivity index (χ1v) is 9.97. The van der Waals surface area contributed by atoms with Gasteiger partial charge in [-0.1, -0.05) is 12.1 Å². The normalized spacial score (nSPS) is 14.4. The molecule has 1 saturated carbocycles. The molecule has 0 spiro atoms. The van der Waals surface area contributed by atoms with Crippen molar-refractivity contribution >= 4 is 11.6 Å². The van der Waals surface area contributed by atoms with Crippen LogP contribution in [0.25, 0.3) is 17.0 Å². The van der Waals surface area contributed by atoms with Gasteiger partial charge in [0.25, 0.3) is 5.91 Å². The highest BCUT2D eigenvalue weighted by Gasteiger charge is 2.48. The molecule has 1 fully saturated rings. The van der Waals surface area contributed by atoms with Gasteiger partial charge >= 0.3 is 0 Å². The van der Waals surface area contributed by atoms with Crippen molar-refractivity contribution < 1.29 is 14.7 Å². The molecule has 0 bridgehead atoms. The van der Waals surface area contributed by atoms with E-state index in [1.165, 1.54) is 0 Å². The van der Waals surface area contributed by atoms with Crippen molar-refractivity contribution in [3.05, 3.63) is 77.5 Å². The number of fused-ring (bicyclic) bond motifs is 1. The lowest BCUT2D eigenvalue weighted by Crippen LogP contribution is -2.19. The van der Waals surface area contributed by atoms with Crippen LogP contribution in [0.1, 0.15) is 40.3 Å². The number of hydrogen-bond donors (Lipinski definition) is 2. The summed E-state index contributed by atoms with van der Waals surface area (Å²) in [6, 6.07) is 12.9. The van der Waals surface area contributed by atoms with E-state index in [4.69, 9.17) is 14.9 Å². The molecule has 3 heterocycles. The maximum Gasteiger partial charge on any atom is 0.274 e. The van der Waals surface area contributed by atoms with E-state index in [-0.39, 0.29) is 5.41 Å². The number of methoxy groups -OCH3 is 1. The SMILES string of the molecule is COc1ccn2c(-c3ccnc(C4(c5ccc(C(=O)NO)cc5)CC4)n3)c(C)nc2c1. The van der Waals surface area contributed by atoms with E-state index in [1.54, 1.807) is 30.9 Å². The van der Waals surface area contributed by atoms with E-state index < -0.39 is 5.91 Å². The van der Waals surface area contributed by atoms with Gasteiger partial charge in [-0.25, -0.2) is 20.4 Å². The number of carbonyl (C=O) groups is 1. The smallest absolute Gasteiger partial charge is 0.274 e. The van der Waals surface area contributed by atoms with Crippen LogP contribution in [0.5, 0.6) is 5.75 Å². The van der Waals surface area contributed by atoms with Crippen LogP contribution in [0.15, 0.2) is 54.9 Å². The van der Waals surface area contributed by atoms with Crippen molar-refractivity contribution in [2.24, 2.45) is 0 Å². The zero-order valence-electron chi connectivity index (χ0n) is 17.2. The van der Waals surface area contributed by atoms with Gasteiger partial charge in [0.1, 0.15) is 17.2 Å². The van der Waals surface area contributed by atoms with Crippen LogP contribution < -0.4 is 10.2 Å². The molecular weight excluding hydrogens is 394 g/mol. The second kappa shape index (κ2) is 7.17. The van der Waals surface area contributed by atoms with Crippen molar-refractivity contribution in [2.75, 3.05) is 7.11 Å². The van der Waals surface area contributed by atoms with Crippen molar-refractivity contribution in [1.29, 1.82) is 0 Å². The van der Waals surface area contributed by atoms with Gasteiger partial charge in [0.15, 0.2) is 0 Å². The summed E-state index contributed by atoms with van der Waals surface area (Å²) in [4.78, 5) is 25.8. The lowest BCUT2D eigenvalue weighted by atomic mass is 9.93. The summed E-state index contributed by atoms with van der Waals surface area (Å²) in [6.45, 7) is 1.97. The van der Waals surface area contributed by atoms with Crippen LogP contribution in [0.2, 0.25) is 0 Å². The maximum absolute atomic E-state index is 11.6. The Kier molecular flexibility index (Phi) is 4.44. The molecule has 4 aromatic rings. The minimum atomic E-state index is -0.533. The number of pyridine rings is 1. The highest BCUT2D eigenvalue weighted by molar-refractivity contribution is 5.93. The van der Waals surface area contributed by atoms with Gasteiger partial charge < -0.3 is 4.74 Å². The summed E-state index contributed by atoms with van der Waals surface area (Å²) in [5.41, 5.74) is 6.25. The van der Waals surface area contributed by atoms with Crippen molar-refractivity contribution in [3.8, 4) is 17.1 Å². The van der Waals surface area contributed by atoms with Gasteiger partial charge in [-0.05, 0) is 49.6 Å². The molecule has 156 valence electrons. The minimum absolute atomic E-state index is 0.262. The zero-order chi connectivity index (χ0) is 21.6. The third kappa shape index (κ3) is 3.12. The van der Waals surface area contributed by atoms with Crippen LogP contribution in [-0.4, -0.2) is 37.6 Å². The number of hydrogen-bond acceptors (Lipinski definition) is 6. The Morgan fingerprint density at radius 3 is 2.61 bits per heavy atom. The molecule has 1 amide bonds. The third-order valence-corrected chi connectivity index (χ3v) is 5.89. The van der Waals surface area contributed by atoms with Gasteiger partial charge in [0.2, 0.25) is 0 Å². The molecule has 5 rings (SSSR count). The molecular formula is C23H21N5O3. The van der Waals surface area contributed by atoms with Crippen LogP contribution in [-0.2, 0) is 5.41 Å². The quantitative estimate of drug-likeness (QED) is 0.383. The number of rotatable bonds is 5. The number of aryl methyl sites for hydroxylation is 1. The number of ether oxygens (including phenoxy) is 1. The van der Waals surface area contributed by atoms with Gasteiger partial charge in [-0.3, -0.25) is 14.4 Å². The molecule has 8 heteroatoms. The molecule has 0 saturated heterocycles. The topological polar surface area (TPSA) is 102 Å². The third-order valence-electron chi connectivity index (χ3n) is 5.89. The highest BCUT2D eigenvalue weighted by atomic mass is 16.5. The molecule has 0 unspecified atom stereocenters. The lowest BCUT2D eigenvalue weighted by Gasteiger charge is -2.16. The Morgan fingerprint density at radius 2 is 1.94 bits per heavy atom. The van der Waals surface area contributed by atoms with Crippen LogP contribution >= 0.6 is 0 Å². The maximum atomic E-state index is 11.6. The Bertz CT molecular complexity index is 1290. The van der Waals surface area contributed by atoms with Crippen LogP contribution in [0, 0.1) is 6.92 Å². The lowest BCUT2D eigenvalue weighted by molar-refractivity contribution is 0.0706. The predicted molar refractivity (Wildman–Crippen MR) is 113 cm³/mol. The fraction of sp³-hybridized carbons (Fsp3) is 0.217. The zero-order valence-corrected chi connectivity index (χ0v) is 17.2. The fourth-order valence-electron chi connectivity index (χ4n) is 4.07. The second-order valence-electron chi connectivity index (χ2n) is 7.71. The van der Waals surface area contributed by atoms with Gasteiger partial charge in [-0.2, -0.15) is 0 Å². The summed E-state index contributed by atoms with van der Waals surface area (Å²) >= 11 is 0. The molecule has 1 aliphatic carbocycles. The van der Waals surface area contributed by atoms with Gasteiger partial charge in [0.05, 0.1) is 29.6 Å². The molecule has 3 aromatic heterocycles. The fourth-order valence-corrected chi connectivity index (χ4v) is 4.07. The number of imidazole rings is 1. The standard InChI is InChI=1S/C23H21N5O3/c1-14-20(28-12-8-17(31-2)13-19(28)25-14)18-7-11-24-22(26-18)23(9-10-23)16-5-3-15(4-6-16)21(29)27-30/h3-8,11-13,30H,9-10H2,1-2H3,(H,27,29). The van der Waals surface area contributed by atoms with Gasteiger partial charge in [-0.15, -0.1) is 0 Å². The molecule has 1 aromatic carbocycles. The highest BCUT2D eigenvalue weighted by Crippen LogP contribution is 2.52. The van der Waals surface area contributed by atoms with Crippen molar-refractivity contribution in [2.45, 2.75) is 25.2 Å². The van der Waals surface area contributed by atoms with E-state index in [0.29, 0.717) is 5.56 Å². The Labute approximate surface area is 178 Å². The Morgan fingerprint density at radius 1 is 1.16 bits per heavy atom. The molecule has 0 atom stereocenters. The summed E-state index contributed by atoms with van der Waals surface area (Å²) in [7, 11) is 1.64. The molecule has 0 radical (unpaired) electrons. The Hall–Kier alpha value is -3.78. The summed E-state index contributed by atoms with van der Waals surface area (Å²) in [5.74, 6) is 0.976. The predicted octanol–water partition coefficient (Wildman–Crippen LogP) is 3.31. The number of hydroxylamine groups is 1. The molecule has 2 N–H and O–H groups in total. The molecule has 0 aliphatic heterocycles. The first-order valence-electron chi connectivity index (χ1n) is 9.97. The monoisotopic (exact) mass is 415 g/mol. The van der Waals surface area contributed by atoms with E-state index in [0.717, 1.165) is 52.7 Å². The first kappa shape index (κ1) is 19.2. The van der Waals surface area contributed by atoms with E-state index in [9.17, 15) is 4.79 Å². The number of nitrogens with zero attached hydrogens (tertiary/aromatic N) is 4. The number of aromatic nitrogens is 4. The Balaban J connectivity index is 1.55. The first-order chi connectivity index (χ1) is 15.1. The molecule has 31 heavy (non-hydrogen) atoms. The van der Waals surface area contributed by atoms with E-state index in [1.807, 2.05) is 47.9 Å². The van der Waals surface area contributed by atoms with Crippen LogP contribution in [0.4, 0.5) is 0 Å². The number of benzene rings is 1. The largest absolute Gasteiger partial charge is 0.497 e. The second-order valence-corrected chi connectivity index (χ2v) is 7.71. The van der Waals surface area contributed by atoms with Crippen molar-refractivity contribution in [3.63, 3.8) is 0 Å². The van der Waals surface area contributed by atoms with Crippen LogP contribution in [0.3, 0.4) is 0 Å². The molecule has 1 aliphatic rings. The van der Waals surface area contributed by atoms with Crippen molar-refractivity contribution in [1.82, 2.24) is 24.8 Å². The minimum Gasteiger partial charge on any atom is -0.497 e. The summed E-state index contributed by atoms with van der Waals surface area (Å²) in [6.07, 6.45) is 5.59. The number of amides is 1. The summed E-state index contributed by atoms with van der Waals surface area (Å²) in [5, 5.41) is 8.82. The number of carbonyl (C=O) groups excluding carboxylic acids is 1. The van der Waals surface area contributed by atoms with E-state index in [2.05, 4.69) is 9.97 Å². The summed E-state index contributed by atoms with van der Waals surface area (Å²) < 4.78 is 7.32. The van der Waals surface area contributed by atoms with Gasteiger partial charge in [0, 0.05) is 24.0 Å². The number of nitrogens with one attached hydrogen (secondary N) is 1.